The van der Waals surface area contributed by atoms with Crippen molar-refractivity contribution >= 4 is 11.6 Å². The van der Waals surface area contributed by atoms with E-state index in [9.17, 15) is 9.18 Å². The molecule has 8 heteroatoms. The highest BCUT2D eigenvalue weighted by Crippen LogP contribution is 2.23. The van der Waals surface area contributed by atoms with Gasteiger partial charge in [-0.2, -0.15) is 5.10 Å². The van der Waals surface area contributed by atoms with Gasteiger partial charge in [-0.3, -0.25) is 4.79 Å². The molecule has 138 valence electrons. The predicted molar refractivity (Wildman–Crippen MR) is 94.2 cm³/mol. The first-order valence-electron chi connectivity index (χ1n) is 8.54. The molecule has 0 aliphatic carbocycles. The lowest BCUT2D eigenvalue weighted by Crippen LogP contribution is -2.41. The zero-order valence-electron chi connectivity index (χ0n) is 15.2. The number of carbonyl (C=O) groups excluding carboxylic acids is 1. The number of carbonyl (C=O) groups is 1. The van der Waals surface area contributed by atoms with E-state index in [4.69, 9.17) is 4.84 Å². The van der Waals surface area contributed by atoms with Crippen molar-refractivity contribution in [2.24, 2.45) is 11.1 Å². The molecule has 0 fully saturated rings. The fourth-order valence-electron chi connectivity index (χ4n) is 3.03. The molecule has 1 amide bonds. The molecule has 1 N–H and O–H groups in total. The summed E-state index contributed by atoms with van der Waals surface area (Å²) in [6, 6.07) is 5.96. The minimum absolute atomic E-state index is 0.0330. The first-order valence-corrected chi connectivity index (χ1v) is 8.54. The molecule has 0 bridgehead atoms. The quantitative estimate of drug-likeness (QED) is 0.887. The third kappa shape index (κ3) is 3.58. The molecule has 3 rings (SSSR count). The van der Waals surface area contributed by atoms with Gasteiger partial charge in [-0.05, 0) is 38.5 Å². The number of hydrogen-bond acceptors (Lipinski definition) is 5. The molecule has 0 saturated carbocycles. The molecule has 1 aliphatic heterocycles. The van der Waals surface area contributed by atoms with Crippen LogP contribution in [0.3, 0.4) is 0 Å². The molecule has 3 atom stereocenters. The average molecular weight is 359 g/mol. The van der Waals surface area contributed by atoms with Gasteiger partial charge in [0.1, 0.15) is 17.5 Å². The highest BCUT2D eigenvalue weighted by molar-refractivity contribution is 6.05. The summed E-state index contributed by atoms with van der Waals surface area (Å²) < 4.78 is 14.9. The molecule has 2 heterocycles. The molecular weight excluding hydrogens is 337 g/mol. The summed E-state index contributed by atoms with van der Waals surface area (Å²) in [6.45, 7) is 7.94. The maximum Gasteiger partial charge on any atom is 0.264 e. The fourth-order valence-corrected chi connectivity index (χ4v) is 3.03. The van der Waals surface area contributed by atoms with Crippen LogP contribution in [0.15, 0.2) is 29.4 Å². The lowest BCUT2D eigenvalue weighted by Gasteiger charge is -2.18. The minimum atomic E-state index is -0.708. The third-order valence-corrected chi connectivity index (χ3v) is 4.45. The fraction of sp³-hybridized carbons (Fsp3) is 0.444. The molecule has 2 aromatic rings. The summed E-state index contributed by atoms with van der Waals surface area (Å²) in [4.78, 5) is 22.1. The summed E-state index contributed by atoms with van der Waals surface area (Å²) >= 11 is 0. The van der Waals surface area contributed by atoms with E-state index in [-0.39, 0.29) is 23.7 Å². The van der Waals surface area contributed by atoms with Crippen molar-refractivity contribution in [2.75, 3.05) is 6.54 Å². The number of nitrogens with zero attached hydrogens (tertiary/aromatic N) is 4. The van der Waals surface area contributed by atoms with Crippen LogP contribution in [0.4, 0.5) is 4.39 Å². The SMILES string of the molecule is Cc1nc(C)n([C@H](C)CNC(=O)[C@H]2ON=C(c3ccc(F)cc3)[C@H]2C)n1. The van der Waals surface area contributed by atoms with Crippen molar-refractivity contribution < 1.29 is 14.0 Å². The van der Waals surface area contributed by atoms with Crippen molar-refractivity contribution in [2.45, 2.75) is 39.8 Å². The molecule has 0 spiro atoms. The second-order valence-corrected chi connectivity index (χ2v) is 6.54. The molecular formula is C18H22FN5O2. The number of rotatable bonds is 5. The Bertz CT molecular complexity index is 831. The number of aromatic nitrogens is 3. The normalized spacial score (nSPS) is 20.4. The van der Waals surface area contributed by atoms with E-state index in [2.05, 4.69) is 20.6 Å². The van der Waals surface area contributed by atoms with Crippen molar-refractivity contribution in [1.29, 1.82) is 0 Å². The number of aryl methyl sites for hydroxylation is 2. The lowest BCUT2D eigenvalue weighted by molar-refractivity contribution is -0.132. The zero-order chi connectivity index (χ0) is 18.8. The summed E-state index contributed by atoms with van der Waals surface area (Å²) in [5, 5.41) is 11.2. The number of oxime groups is 1. The van der Waals surface area contributed by atoms with Crippen molar-refractivity contribution in [3.8, 4) is 0 Å². The first kappa shape index (κ1) is 18.0. The van der Waals surface area contributed by atoms with Crippen LogP contribution in [0.1, 0.15) is 37.1 Å². The van der Waals surface area contributed by atoms with E-state index in [1.165, 1.54) is 12.1 Å². The Morgan fingerprint density at radius 1 is 1.35 bits per heavy atom. The third-order valence-electron chi connectivity index (χ3n) is 4.45. The Morgan fingerprint density at radius 2 is 2.04 bits per heavy atom. The van der Waals surface area contributed by atoms with Gasteiger partial charge in [0, 0.05) is 6.54 Å². The molecule has 0 unspecified atom stereocenters. The van der Waals surface area contributed by atoms with Crippen molar-refractivity contribution in [3.63, 3.8) is 0 Å². The van der Waals surface area contributed by atoms with Crippen molar-refractivity contribution in [1.82, 2.24) is 20.1 Å². The van der Waals surface area contributed by atoms with E-state index >= 15 is 0 Å². The molecule has 0 saturated heterocycles. The van der Waals surface area contributed by atoms with Crippen molar-refractivity contribution in [3.05, 3.63) is 47.3 Å². The Kier molecular flexibility index (Phi) is 5.01. The number of hydrogen-bond donors (Lipinski definition) is 1. The summed E-state index contributed by atoms with van der Waals surface area (Å²) in [5.74, 6) is 0.719. The van der Waals surface area contributed by atoms with Gasteiger partial charge in [-0.25, -0.2) is 14.1 Å². The summed E-state index contributed by atoms with van der Waals surface area (Å²) in [6.07, 6.45) is -0.708. The smallest absolute Gasteiger partial charge is 0.264 e. The first-order chi connectivity index (χ1) is 12.4. The predicted octanol–water partition coefficient (Wildman–Crippen LogP) is 2.15. The number of nitrogens with one attached hydrogen (secondary N) is 1. The molecule has 1 aromatic carbocycles. The van der Waals surface area contributed by atoms with Crippen LogP contribution >= 0.6 is 0 Å². The van der Waals surface area contributed by atoms with Crippen LogP contribution < -0.4 is 5.32 Å². The van der Waals surface area contributed by atoms with E-state index < -0.39 is 6.10 Å². The van der Waals surface area contributed by atoms with Crippen LogP contribution in [0, 0.1) is 25.6 Å². The lowest BCUT2D eigenvalue weighted by atomic mass is 9.94. The monoisotopic (exact) mass is 359 g/mol. The number of benzene rings is 1. The highest BCUT2D eigenvalue weighted by atomic mass is 19.1. The number of halogens is 1. The van der Waals surface area contributed by atoms with Gasteiger partial charge in [0.05, 0.1) is 17.7 Å². The second kappa shape index (κ2) is 7.23. The standard InChI is InChI=1S/C18H22FN5O2/c1-10(24-13(4)21-12(3)22-24)9-20-18(25)17-11(2)16(23-26-17)14-5-7-15(19)8-6-14/h5-8,10-11,17H,9H2,1-4H3,(H,20,25)/t10-,11-,17+/m1/s1. The molecule has 26 heavy (non-hydrogen) atoms. The van der Waals surface area contributed by atoms with Gasteiger partial charge in [0.15, 0.2) is 0 Å². The van der Waals surface area contributed by atoms with Crippen LogP contribution in [-0.4, -0.2) is 39.0 Å². The molecule has 7 nitrogen and oxygen atoms in total. The average Bonchev–Trinajstić information content (AvgIpc) is 3.15. The second-order valence-electron chi connectivity index (χ2n) is 6.54. The largest absolute Gasteiger partial charge is 0.381 e. The molecule has 1 aliphatic rings. The Balaban J connectivity index is 1.59. The zero-order valence-corrected chi connectivity index (χ0v) is 15.2. The van der Waals surface area contributed by atoms with Crippen LogP contribution in [0.5, 0.6) is 0 Å². The van der Waals surface area contributed by atoms with E-state index in [1.807, 2.05) is 27.7 Å². The van der Waals surface area contributed by atoms with E-state index in [0.717, 1.165) is 11.4 Å². The van der Waals surface area contributed by atoms with Gasteiger partial charge in [0.2, 0.25) is 6.10 Å². The van der Waals surface area contributed by atoms with Crippen LogP contribution in [0.25, 0.3) is 0 Å². The molecule has 0 radical (unpaired) electrons. The Hall–Kier alpha value is -2.77. The van der Waals surface area contributed by atoms with Crippen LogP contribution in [0.2, 0.25) is 0 Å². The maximum atomic E-state index is 13.1. The Labute approximate surface area is 151 Å². The van der Waals surface area contributed by atoms with Gasteiger partial charge in [-0.1, -0.05) is 24.2 Å². The van der Waals surface area contributed by atoms with Gasteiger partial charge in [0.25, 0.3) is 5.91 Å². The van der Waals surface area contributed by atoms with Gasteiger partial charge in [-0.15, -0.1) is 0 Å². The Morgan fingerprint density at radius 3 is 2.65 bits per heavy atom. The highest BCUT2D eigenvalue weighted by Gasteiger charge is 2.36. The van der Waals surface area contributed by atoms with Gasteiger partial charge >= 0.3 is 0 Å². The maximum absolute atomic E-state index is 13.1. The van der Waals surface area contributed by atoms with Crippen LogP contribution in [-0.2, 0) is 9.63 Å². The van der Waals surface area contributed by atoms with E-state index in [0.29, 0.717) is 18.1 Å². The van der Waals surface area contributed by atoms with Gasteiger partial charge < -0.3 is 10.2 Å². The summed E-state index contributed by atoms with van der Waals surface area (Å²) in [7, 11) is 0. The van der Waals surface area contributed by atoms with E-state index in [1.54, 1.807) is 16.8 Å². The summed E-state index contributed by atoms with van der Waals surface area (Å²) in [5.41, 5.74) is 1.39. The molecule has 1 aromatic heterocycles. The topological polar surface area (TPSA) is 81.4 Å². The number of amides is 1. The minimum Gasteiger partial charge on any atom is -0.381 e.